The van der Waals surface area contributed by atoms with Crippen molar-refractivity contribution in [2.24, 2.45) is 0 Å². The summed E-state index contributed by atoms with van der Waals surface area (Å²) in [6, 6.07) is 10.6. The van der Waals surface area contributed by atoms with Crippen LogP contribution in [-0.4, -0.2) is 51.3 Å². The average molecular weight is 364 g/mol. The minimum Gasteiger partial charge on any atom is -0.378 e. The summed E-state index contributed by atoms with van der Waals surface area (Å²) in [5.74, 6) is 0.0727. The fraction of sp³-hybridized carbons (Fsp3) is 0.429. The molecule has 5 rings (SSSR count). The zero-order chi connectivity index (χ0) is 18.2. The van der Waals surface area contributed by atoms with Crippen molar-refractivity contribution in [3.05, 3.63) is 48.3 Å². The van der Waals surface area contributed by atoms with Gasteiger partial charge in [-0.05, 0) is 37.1 Å². The summed E-state index contributed by atoms with van der Waals surface area (Å²) in [6.45, 7) is 2.51. The highest BCUT2D eigenvalue weighted by atomic mass is 16.5. The van der Waals surface area contributed by atoms with E-state index < -0.39 is 0 Å². The molecule has 1 saturated heterocycles. The van der Waals surface area contributed by atoms with Crippen molar-refractivity contribution in [1.29, 1.82) is 0 Å². The van der Waals surface area contributed by atoms with Gasteiger partial charge in [0.05, 0.1) is 36.0 Å². The first-order valence-corrected chi connectivity index (χ1v) is 9.84. The second-order valence-corrected chi connectivity index (χ2v) is 7.42. The van der Waals surface area contributed by atoms with Crippen LogP contribution < -0.4 is 0 Å². The van der Waals surface area contributed by atoms with Gasteiger partial charge in [0.15, 0.2) is 0 Å². The van der Waals surface area contributed by atoms with Crippen LogP contribution in [0.25, 0.3) is 16.9 Å². The van der Waals surface area contributed by atoms with Crippen molar-refractivity contribution >= 4 is 11.4 Å². The van der Waals surface area contributed by atoms with E-state index >= 15 is 0 Å². The Morgan fingerprint density at radius 2 is 1.89 bits per heavy atom. The predicted octanol–water partition coefficient (Wildman–Crippen LogP) is 3.39. The zero-order valence-corrected chi connectivity index (χ0v) is 15.4. The van der Waals surface area contributed by atoms with Crippen LogP contribution in [0.5, 0.6) is 0 Å². The van der Waals surface area contributed by atoms with Gasteiger partial charge >= 0.3 is 0 Å². The summed E-state index contributed by atoms with van der Waals surface area (Å²) in [5.41, 5.74) is 3.56. The number of morpholine rings is 1. The normalized spacial score (nSPS) is 18.4. The number of fused-ring (bicyclic) bond motifs is 1. The molecule has 0 aromatic carbocycles. The number of pyridine rings is 1. The molecule has 1 amide bonds. The lowest BCUT2D eigenvalue weighted by molar-refractivity contribution is 0.0304. The van der Waals surface area contributed by atoms with Gasteiger partial charge in [-0.3, -0.25) is 9.48 Å². The van der Waals surface area contributed by atoms with E-state index in [1.807, 2.05) is 35.4 Å². The van der Waals surface area contributed by atoms with Crippen LogP contribution in [-0.2, 0) is 4.74 Å². The fourth-order valence-corrected chi connectivity index (χ4v) is 4.31. The topological polar surface area (TPSA) is 51.8 Å². The van der Waals surface area contributed by atoms with Crippen LogP contribution in [0.4, 0.5) is 0 Å². The molecule has 2 aliphatic rings. The molecule has 1 saturated carbocycles. The monoisotopic (exact) mass is 364 g/mol. The number of carbonyl (C=O) groups excluding carboxylic acids is 1. The van der Waals surface area contributed by atoms with E-state index in [9.17, 15) is 4.79 Å². The standard InChI is InChI=1S/C21H24N4O2/c26-21(23-11-13-27-14-12-23)17-15-20(24-9-4-3-7-19(17)24)18-8-10-25(22-18)16-5-1-2-6-16/h3-4,7-10,15-16H,1-2,5-6,11-14H2. The SMILES string of the molecule is O=C(c1cc(-c2ccn(C3CCCC3)n2)n2ccccc12)N1CCOCC1. The van der Waals surface area contributed by atoms with Crippen molar-refractivity contribution in [2.45, 2.75) is 31.7 Å². The van der Waals surface area contributed by atoms with Crippen LogP contribution in [0.3, 0.4) is 0 Å². The van der Waals surface area contributed by atoms with E-state index in [1.165, 1.54) is 25.7 Å². The lowest BCUT2D eigenvalue weighted by Crippen LogP contribution is -2.40. The van der Waals surface area contributed by atoms with E-state index in [2.05, 4.69) is 21.3 Å². The Balaban J connectivity index is 1.54. The number of hydrogen-bond donors (Lipinski definition) is 0. The Morgan fingerprint density at radius 3 is 2.70 bits per heavy atom. The van der Waals surface area contributed by atoms with Crippen LogP contribution >= 0.6 is 0 Å². The molecule has 0 bridgehead atoms. The second kappa shape index (κ2) is 6.85. The lowest BCUT2D eigenvalue weighted by atomic mass is 10.2. The van der Waals surface area contributed by atoms with Crippen molar-refractivity contribution < 1.29 is 9.53 Å². The second-order valence-electron chi connectivity index (χ2n) is 7.42. The number of aromatic nitrogens is 3. The third kappa shape index (κ3) is 2.94. The van der Waals surface area contributed by atoms with E-state index in [0.29, 0.717) is 32.3 Å². The number of amides is 1. The molecule has 0 unspecified atom stereocenters. The molecule has 1 aliphatic heterocycles. The van der Waals surface area contributed by atoms with E-state index in [-0.39, 0.29) is 5.91 Å². The van der Waals surface area contributed by atoms with Gasteiger partial charge in [0.1, 0.15) is 5.69 Å². The highest BCUT2D eigenvalue weighted by molar-refractivity contribution is 6.02. The molecule has 1 aliphatic carbocycles. The first-order valence-electron chi connectivity index (χ1n) is 9.84. The maximum absolute atomic E-state index is 13.1. The Hall–Kier alpha value is -2.60. The summed E-state index contributed by atoms with van der Waals surface area (Å²) < 4.78 is 9.57. The Bertz CT molecular complexity index is 962. The molecule has 3 aromatic rings. The Labute approximate surface area is 158 Å². The number of ether oxygens (including phenoxy) is 1. The molecule has 6 nitrogen and oxygen atoms in total. The summed E-state index contributed by atoms with van der Waals surface area (Å²) in [5, 5.41) is 4.85. The molecule has 2 fully saturated rings. The Kier molecular flexibility index (Phi) is 4.20. The van der Waals surface area contributed by atoms with Gasteiger partial charge in [0.2, 0.25) is 0 Å². The van der Waals surface area contributed by atoms with Crippen molar-refractivity contribution in [3.8, 4) is 11.4 Å². The summed E-state index contributed by atoms with van der Waals surface area (Å²) in [6.07, 6.45) is 9.07. The first kappa shape index (κ1) is 16.6. The maximum Gasteiger partial charge on any atom is 0.256 e. The fourth-order valence-electron chi connectivity index (χ4n) is 4.31. The van der Waals surface area contributed by atoms with Gasteiger partial charge in [-0.1, -0.05) is 18.9 Å². The summed E-state index contributed by atoms with van der Waals surface area (Å²) in [7, 11) is 0. The minimum atomic E-state index is 0.0727. The molecule has 0 spiro atoms. The van der Waals surface area contributed by atoms with Crippen molar-refractivity contribution in [3.63, 3.8) is 0 Å². The quantitative estimate of drug-likeness (QED) is 0.716. The molecule has 140 valence electrons. The average Bonchev–Trinajstić information content (AvgIpc) is 3.46. The predicted molar refractivity (Wildman–Crippen MR) is 103 cm³/mol. The first-order chi connectivity index (χ1) is 13.3. The van der Waals surface area contributed by atoms with Crippen LogP contribution in [0, 0.1) is 0 Å². The molecule has 4 heterocycles. The third-order valence-corrected chi connectivity index (χ3v) is 5.77. The summed E-state index contributed by atoms with van der Waals surface area (Å²) in [4.78, 5) is 15.0. The number of rotatable bonds is 3. The van der Waals surface area contributed by atoms with E-state index in [1.54, 1.807) is 0 Å². The minimum absolute atomic E-state index is 0.0727. The van der Waals surface area contributed by atoms with Gasteiger partial charge in [0.25, 0.3) is 5.91 Å². The van der Waals surface area contributed by atoms with E-state index in [4.69, 9.17) is 9.84 Å². The third-order valence-electron chi connectivity index (χ3n) is 5.77. The number of nitrogens with zero attached hydrogens (tertiary/aromatic N) is 4. The molecule has 0 N–H and O–H groups in total. The highest BCUT2D eigenvalue weighted by Gasteiger charge is 2.24. The van der Waals surface area contributed by atoms with Gasteiger partial charge in [-0.15, -0.1) is 0 Å². The van der Waals surface area contributed by atoms with Gasteiger partial charge in [-0.2, -0.15) is 5.10 Å². The Morgan fingerprint density at radius 1 is 1.07 bits per heavy atom. The van der Waals surface area contributed by atoms with Gasteiger partial charge < -0.3 is 14.0 Å². The smallest absolute Gasteiger partial charge is 0.256 e. The molecule has 3 aromatic heterocycles. The molecular formula is C21H24N4O2. The zero-order valence-electron chi connectivity index (χ0n) is 15.4. The van der Waals surface area contributed by atoms with Crippen molar-refractivity contribution in [1.82, 2.24) is 19.1 Å². The van der Waals surface area contributed by atoms with Crippen LogP contribution in [0.1, 0.15) is 42.1 Å². The van der Waals surface area contributed by atoms with Crippen LogP contribution in [0.15, 0.2) is 42.7 Å². The molecule has 0 radical (unpaired) electrons. The number of carbonyl (C=O) groups is 1. The maximum atomic E-state index is 13.1. The summed E-state index contributed by atoms with van der Waals surface area (Å²) >= 11 is 0. The molecule has 0 atom stereocenters. The molecule has 27 heavy (non-hydrogen) atoms. The van der Waals surface area contributed by atoms with Gasteiger partial charge in [-0.25, -0.2) is 0 Å². The van der Waals surface area contributed by atoms with E-state index in [0.717, 1.165) is 22.5 Å². The van der Waals surface area contributed by atoms with Crippen molar-refractivity contribution in [2.75, 3.05) is 26.3 Å². The lowest BCUT2D eigenvalue weighted by Gasteiger charge is -2.26. The highest BCUT2D eigenvalue weighted by Crippen LogP contribution is 2.31. The molecular weight excluding hydrogens is 340 g/mol. The molecule has 6 heteroatoms. The largest absolute Gasteiger partial charge is 0.378 e. The van der Waals surface area contributed by atoms with Gasteiger partial charge in [0, 0.05) is 25.5 Å². The number of hydrogen-bond acceptors (Lipinski definition) is 3. The van der Waals surface area contributed by atoms with Crippen LogP contribution in [0.2, 0.25) is 0 Å².